The molecule has 0 aliphatic carbocycles. The lowest BCUT2D eigenvalue weighted by Gasteiger charge is -2.32. The summed E-state index contributed by atoms with van der Waals surface area (Å²) in [6, 6.07) is 16.5. The number of hydrogen-bond acceptors (Lipinski definition) is 5. The van der Waals surface area contributed by atoms with Crippen LogP contribution >= 0.6 is 23.2 Å². The summed E-state index contributed by atoms with van der Waals surface area (Å²) < 4.78 is 53.2. The van der Waals surface area contributed by atoms with Gasteiger partial charge in [0.15, 0.2) is 5.75 Å². The number of rotatable bonds is 10. The average molecular weight is 583 g/mol. The van der Waals surface area contributed by atoms with Gasteiger partial charge in [0.05, 0.1) is 16.0 Å². The second kappa shape index (κ2) is 12.8. The molecule has 6 nitrogen and oxygen atoms in total. The summed E-state index contributed by atoms with van der Waals surface area (Å²) in [5, 5.41) is 0.841. The Hall–Kier alpha value is -3.14. The van der Waals surface area contributed by atoms with Gasteiger partial charge in [0.1, 0.15) is 24.7 Å². The fourth-order valence-electron chi connectivity index (χ4n) is 4.42. The predicted octanol–water partition coefficient (Wildman–Crippen LogP) is 6.45. The zero-order chi connectivity index (χ0) is 28.0. The Kier molecular flexibility index (Phi) is 9.48. The van der Waals surface area contributed by atoms with Crippen molar-refractivity contribution in [1.82, 2.24) is 0 Å². The number of ether oxygens (including phenoxy) is 3. The quantitative estimate of drug-likeness (QED) is 0.278. The molecule has 208 valence electrons. The average Bonchev–Trinajstić information content (AvgIpc) is 2.90. The van der Waals surface area contributed by atoms with E-state index in [0.29, 0.717) is 58.6 Å². The van der Waals surface area contributed by atoms with E-state index < -0.39 is 12.3 Å². The monoisotopic (exact) mass is 582 g/mol. The Morgan fingerprint density at radius 3 is 2.31 bits per heavy atom. The maximum absolute atomic E-state index is 13.4. The van der Waals surface area contributed by atoms with E-state index in [-0.39, 0.29) is 31.4 Å². The van der Waals surface area contributed by atoms with Crippen LogP contribution in [0.2, 0.25) is 10.0 Å². The SMILES string of the molecule is NCC(Cc1ccc(OCCOc2c(Cl)cccc2Cl)cc1)C(=O)N1CCCc2cc(OC(F)(F)F)ccc21. The number of nitrogens with zero attached hydrogens (tertiary/aromatic N) is 1. The zero-order valence-corrected chi connectivity index (χ0v) is 22.4. The van der Waals surface area contributed by atoms with Crippen molar-refractivity contribution in [3.05, 3.63) is 81.8 Å². The molecule has 2 N–H and O–H groups in total. The molecule has 0 aromatic heterocycles. The van der Waals surface area contributed by atoms with Crippen LogP contribution in [0.15, 0.2) is 60.7 Å². The maximum Gasteiger partial charge on any atom is 0.573 e. The second-order valence-corrected chi connectivity index (χ2v) is 9.77. The summed E-state index contributed by atoms with van der Waals surface area (Å²) in [6.07, 6.45) is -3.18. The van der Waals surface area contributed by atoms with Gasteiger partial charge in [-0.3, -0.25) is 4.79 Å². The molecular formula is C28H27Cl2F3N2O4. The molecule has 1 amide bonds. The number of aryl methyl sites for hydroxylation is 1. The van der Waals surface area contributed by atoms with Crippen LogP contribution in [-0.2, 0) is 17.6 Å². The standard InChI is InChI=1S/C28H27Cl2F3N2O4/c29-23-4-1-5-24(30)26(23)38-14-13-37-21-8-6-18(7-9-21)15-20(17-34)27(36)35-12-2-3-19-16-22(10-11-25(19)35)39-28(31,32)33/h1,4-11,16,20H,2-3,12-15,17,34H2. The minimum atomic E-state index is -4.78. The van der Waals surface area contributed by atoms with Crippen LogP contribution in [0.4, 0.5) is 18.9 Å². The van der Waals surface area contributed by atoms with Crippen LogP contribution in [0.25, 0.3) is 0 Å². The van der Waals surface area contributed by atoms with Crippen LogP contribution in [0.1, 0.15) is 17.5 Å². The normalized spacial score (nSPS) is 13.9. The van der Waals surface area contributed by atoms with Crippen molar-refractivity contribution in [2.75, 3.05) is 31.2 Å². The third-order valence-corrected chi connectivity index (χ3v) is 6.82. The topological polar surface area (TPSA) is 74.0 Å². The first kappa shape index (κ1) is 28.9. The Morgan fingerprint density at radius 2 is 1.64 bits per heavy atom. The molecule has 1 atom stereocenters. The second-order valence-electron chi connectivity index (χ2n) is 8.96. The molecule has 0 radical (unpaired) electrons. The van der Waals surface area contributed by atoms with Gasteiger partial charge in [0.25, 0.3) is 0 Å². The molecule has 0 bridgehead atoms. The molecule has 3 aromatic carbocycles. The van der Waals surface area contributed by atoms with E-state index >= 15 is 0 Å². The highest BCUT2D eigenvalue weighted by Gasteiger charge is 2.33. The lowest BCUT2D eigenvalue weighted by Crippen LogP contribution is -2.42. The highest BCUT2D eigenvalue weighted by atomic mass is 35.5. The highest BCUT2D eigenvalue weighted by Crippen LogP contribution is 2.34. The summed E-state index contributed by atoms with van der Waals surface area (Å²) in [5.41, 5.74) is 8.09. The number of carbonyl (C=O) groups is 1. The summed E-state index contributed by atoms with van der Waals surface area (Å²) in [6.45, 7) is 1.11. The number of halogens is 5. The number of nitrogens with two attached hydrogens (primary N) is 1. The molecule has 1 unspecified atom stereocenters. The van der Waals surface area contributed by atoms with Crippen molar-refractivity contribution >= 4 is 34.8 Å². The van der Waals surface area contributed by atoms with Crippen molar-refractivity contribution in [2.45, 2.75) is 25.6 Å². The van der Waals surface area contributed by atoms with Crippen LogP contribution in [0, 0.1) is 5.92 Å². The molecule has 4 rings (SSSR count). The minimum Gasteiger partial charge on any atom is -0.490 e. The van der Waals surface area contributed by atoms with Crippen LogP contribution in [0.3, 0.4) is 0 Å². The fourth-order valence-corrected chi connectivity index (χ4v) is 4.93. The minimum absolute atomic E-state index is 0.125. The van der Waals surface area contributed by atoms with Crippen molar-refractivity contribution in [2.24, 2.45) is 11.7 Å². The third kappa shape index (κ3) is 7.71. The largest absolute Gasteiger partial charge is 0.573 e. The lowest BCUT2D eigenvalue weighted by atomic mass is 9.95. The van der Waals surface area contributed by atoms with E-state index in [1.165, 1.54) is 18.2 Å². The van der Waals surface area contributed by atoms with E-state index in [4.69, 9.17) is 38.4 Å². The predicted molar refractivity (Wildman–Crippen MR) is 144 cm³/mol. The van der Waals surface area contributed by atoms with E-state index in [1.54, 1.807) is 35.2 Å². The molecule has 11 heteroatoms. The number of fused-ring (bicyclic) bond motifs is 1. The van der Waals surface area contributed by atoms with Crippen LogP contribution in [-0.4, -0.2) is 38.6 Å². The van der Waals surface area contributed by atoms with E-state index in [0.717, 1.165) is 5.56 Å². The van der Waals surface area contributed by atoms with Gasteiger partial charge in [-0.2, -0.15) is 0 Å². The van der Waals surface area contributed by atoms with E-state index in [2.05, 4.69) is 4.74 Å². The zero-order valence-electron chi connectivity index (χ0n) is 20.8. The molecule has 1 aliphatic heterocycles. The van der Waals surface area contributed by atoms with Gasteiger partial charge < -0.3 is 24.8 Å². The first-order valence-electron chi connectivity index (χ1n) is 12.3. The van der Waals surface area contributed by atoms with Gasteiger partial charge in [-0.25, -0.2) is 0 Å². The van der Waals surface area contributed by atoms with Gasteiger partial charge in [-0.15, -0.1) is 13.2 Å². The Bertz CT molecular complexity index is 1270. The van der Waals surface area contributed by atoms with Gasteiger partial charge in [-0.1, -0.05) is 41.4 Å². The molecule has 39 heavy (non-hydrogen) atoms. The molecule has 0 saturated carbocycles. The summed E-state index contributed by atoms with van der Waals surface area (Å²) >= 11 is 12.2. The van der Waals surface area contributed by atoms with Gasteiger partial charge >= 0.3 is 6.36 Å². The molecule has 1 heterocycles. The van der Waals surface area contributed by atoms with Crippen molar-refractivity contribution in [3.63, 3.8) is 0 Å². The summed E-state index contributed by atoms with van der Waals surface area (Å²) in [7, 11) is 0. The Labute approximate surface area is 234 Å². The van der Waals surface area contributed by atoms with Crippen molar-refractivity contribution in [3.8, 4) is 17.2 Å². The molecule has 1 aliphatic rings. The van der Waals surface area contributed by atoms with Crippen LogP contribution in [0.5, 0.6) is 17.2 Å². The van der Waals surface area contributed by atoms with Crippen molar-refractivity contribution in [1.29, 1.82) is 0 Å². The first-order valence-corrected chi connectivity index (χ1v) is 13.1. The molecule has 0 spiro atoms. The number of para-hydroxylation sites is 1. The number of alkyl halides is 3. The van der Waals surface area contributed by atoms with E-state index in [1.807, 2.05) is 12.1 Å². The number of anilines is 1. The Balaban J connectivity index is 1.33. The van der Waals surface area contributed by atoms with Crippen LogP contribution < -0.4 is 24.8 Å². The van der Waals surface area contributed by atoms with Gasteiger partial charge in [0, 0.05) is 18.8 Å². The summed E-state index contributed by atoms with van der Waals surface area (Å²) in [4.78, 5) is 15.0. The molecular weight excluding hydrogens is 556 g/mol. The number of hydrogen-bond donors (Lipinski definition) is 1. The van der Waals surface area contributed by atoms with E-state index in [9.17, 15) is 18.0 Å². The first-order chi connectivity index (χ1) is 18.6. The highest BCUT2D eigenvalue weighted by molar-refractivity contribution is 6.37. The number of amides is 1. The fraction of sp³-hybridized carbons (Fsp3) is 0.321. The third-order valence-electron chi connectivity index (χ3n) is 6.23. The van der Waals surface area contributed by atoms with Gasteiger partial charge in [-0.05, 0) is 72.9 Å². The molecule has 3 aromatic rings. The number of carbonyl (C=O) groups excluding carboxylic acids is 1. The molecule has 0 saturated heterocycles. The van der Waals surface area contributed by atoms with Crippen molar-refractivity contribution < 1.29 is 32.2 Å². The lowest BCUT2D eigenvalue weighted by molar-refractivity contribution is -0.274. The van der Waals surface area contributed by atoms with Gasteiger partial charge in [0.2, 0.25) is 5.91 Å². The summed E-state index contributed by atoms with van der Waals surface area (Å²) in [5.74, 6) is 0.0717. The smallest absolute Gasteiger partial charge is 0.490 e. The Morgan fingerprint density at radius 1 is 0.974 bits per heavy atom. The number of benzene rings is 3. The molecule has 0 fully saturated rings. The maximum atomic E-state index is 13.4.